The molecule has 0 aliphatic heterocycles. The van der Waals surface area contributed by atoms with Crippen LogP contribution in [-0.4, -0.2) is 16.2 Å². The van der Waals surface area contributed by atoms with E-state index in [9.17, 15) is 9.18 Å². The van der Waals surface area contributed by atoms with E-state index in [2.05, 4.69) is 12.6 Å². The minimum atomic E-state index is -1.38. The number of halogens is 1. The zero-order valence-corrected chi connectivity index (χ0v) is 6.68. The number of rotatable bonds is 1. The zero-order chi connectivity index (χ0) is 9.30. The van der Waals surface area contributed by atoms with Gasteiger partial charge in [0.05, 0.1) is 0 Å². The minimum Gasteiger partial charge on any atom is -0.504 e. The molecule has 0 radical (unpaired) electrons. The fraction of sp³-hybridized carbons (Fsp3) is 0. The van der Waals surface area contributed by atoms with Crippen molar-refractivity contribution >= 4 is 18.6 Å². The molecular formula is C7H5FO3S. The smallest absolute Gasteiger partial charge is 0.339 e. The molecule has 3 nitrogen and oxygen atoms in total. The largest absolute Gasteiger partial charge is 0.504 e. The first-order chi connectivity index (χ1) is 5.54. The van der Waals surface area contributed by atoms with Gasteiger partial charge in [0.25, 0.3) is 0 Å². The van der Waals surface area contributed by atoms with Crippen LogP contribution >= 0.6 is 12.6 Å². The van der Waals surface area contributed by atoms with Crippen molar-refractivity contribution in [2.75, 3.05) is 0 Å². The van der Waals surface area contributed by atoms with Crippen LogP contribution in [0, 0.1) is 5.82 Å². The summed E-state index contributed by atoms with van der Waals surface area (Å²) in [6.07, 6.45) is 0. The van der Waals surface area contributed by atoms with Crippen LogP contribution in [0.3, 0.4) is 0 Å². The van der Waals surface area contributed by atoms with Gasteiger partial charge in [0, 0.05) is 4.90 Å². The third-order valence-electron chi connectivity index (χ3n) is 1.33. The molecule has 1 rings (SSSR count). The maximum atomic E-state index is 12.8. The molecule has 1 aromatic rings. The van der Waals surface area contributed by atoms with Crippen molar-refractivity contribution in [3.8, 4) is 5.75 Å². The van der Waals surface area contributed by atoms with Crippen molar-refractivity contribution in [1.82, 2.24) is 0 Å². The van der Waals surface area contributed by atoms with Crippen molar-refractivity contribution in [2.45, 2.75) is 4.90 Å². The number of aromatic hydroxyl groups is 1. The third kappa shape index (κ3) is 1.35. The normalized spacial score (nSPS) is 9.83. The van der Waals surface area contributed by atoms with E-state index in [-0.39, 0.29) is 4.90 Å². The first-order valence-electron chi connectivity index (χ1n) is 2.97. The Bertz CT molecular complexity index is 338. The monoisotopic (exact) mass is 188 g/mol. The predicted molar refractivity (Wildman–Crippen MR) is 42.3 cm³/mol. The lowest BCUT2D eigenvalue weighted by molar-refractivity contribution is 0.0692. The van der Waals surface area contributed by atoms with E-state index in [0.29, 0.717) is 0 Å². The van der Waals surface area contributed by atoms with Crippen LogP contribution in [0.15, 0.2) is 17.0 Å². The quantitative estimate of drug-likeness (QED) is 0.585. The van der Waals surface area contributed by atoms with Gasteiger partial charge in [0.1, 0.15) is 5.56 Å². The fourth-order valence-electron chi connectivity index (χ4n) is 0.726. The van der Waals surface area contributed by atoms with Gasteiger partial charge in [-0.2, -0.15) is 0 Å². The average molecular weight is 188 g/mol. The second kappa shape index (κ2) is 3.02. The molecule has 2 N–H and O–H groups in total. The first-order valence-corrected chi connectivity index (χ1v) is 3.42. The van der Waals surface area contributed by atoms with Crippen LogP contribution in [0.5, 0.6) is 5.75 Å². The zero-order valence-electron chi connectivity index (χ0n) is 5.78. The maximum Gasteiger partial charge on any atom is 0.339 e. The van der Waals surface area contributed by atoms with Crippen molar-refractivity contribution < 1.29 is 19.4 Å². The maximum absolute atomic E-state index is 12.8. The summed E-state index contributed by atoms with van der Waals surface area (Å²) in [5.41, 5.74) is -0.467. The molecule has 12 heavy (non-hydrogen) atoms. The molecule has 0 spiro atoms. The Balaban J connectivity index is 3.36. The number of phenols is 1. The number of carboxylic acids is 1. The van der Waals surface area contributed by atoms with Gasteiger partial charge in [-0.3, -0.25) is 0 Å². The Hall–Kier alpha value is -1.23. The second-order valence-electron chi connectivity index (χ2n) is 2.10. The first kappa shape index (κ1) is 8.86. The standard InChI is InChI=1S/C7H5FO3S/c8-5-4(12)2-1-3(6(5)9)7(10)11/h1-2,9,12H,(H,10,11). The van der Waals surface area contributed by atoms with Gasteiger partial charge in [0.15, 0.2) is 11.6 Å². The highest BCUT2D eigenvalue weighted by atomic mass is 32.1. The van der Waals surface area contributed by atoms with E-state index in [1.54, 1.807) is 0 Å². The highest BCUT2D eigenvalue weighted by molar-refractivity contribution is 7.80. The Morgan fingerprint density at radius 1 is 1.50 bits per heavy atom. The third-order valence-corrected chi connectivity index (χ3v) is 1.67. The van der Waals surface area contributed by atoms with Crippen molar-refractivity contribution in [3.05, 3.63) is 23.5 Å². The van der Waals surface area contributed by atoms with Gasteiger partial charge in [-0.05, 0) is 12.1 Å². The topological polar surface area (TPSA) is 57.5 Å². The van der Waals surface area contributed by atoms with Gasteiger partial charge in [0.2, 0.25) is 0 Å². The number of hydrogen-bond donors (Lipinski definition) is 3. The molecule has 0 atom stereocenters. The lowest BCUT2D eigenvalue weighted by Crippen LogP contribution is -1.98. The molecule has 1 aromatic carbocycles. The highest BCUT2D eigenvalue weighted by Crippen LogP contribution is 2.26. The van der Waals surface area contributed by atoms with Crippen LogP contribution in [0.2, 0.25) is 0 Å². The summed E-state index contributed by atoms with van der Waals surface area (Å²) in [7, 11) is 0. The Morgan fingerprint density at radius 3 is 2.58 bits per heavy atom. The molecule has 0 amide bonds. The lowest BCUT2D eigenvalue weighted by atomic mass is 10.2. The van der Waals surface area contributed by atoms with Crippen molar-refractivity contribution in [2.24, 2.45) is 0 Å². The number of benzene rings is 1. The number of carbonyl (C=O) groups is 1. The van der Waals surface area contributed by atoms with E-state index in [1.165, 1.54) is 6.07 Å². The van der Waals surface area contributed by atoms with E-state index in [1.807, 2.05) is 0 Å². The molecule has 0 saturated heterocycles. The van der Waals surface area contributed by atoms with Crippen LogP contribution in [-0.2, 0) is 0 Å². The molecule has 0 unspecified atom stereocenters. The van der Waals surface area contributed by atoms with Gasteiger partial charge < -0.3 is 10.2 Å². The molecule has 0 saturated carbocycles. The number of thiol groups is 1. The molecule has 0 aliphatic rings. The summed E-state index contributed by atoms with van der Waals surface area (Å²) in [4.78, 5) is 10.2. The molecule has 64 valence electrons. The van der Waals surface area contributed by atoms with Gasteiger partial charge in [-0.15, -0.1) is 12.6 Å². The fourth-order valence-corrected chi connectivity index (χ4v) is 0.907. The summed E-state index contributed by atoms with van der Waals surface area (Å²) in [5, 5.41) is 17.4. The van der Waals surface area contributed by atoms with E-state index >= 15 is 0 Å². The second-order valence-corrected chi connectivity index (χ2v) is 2.58. The average Bonchev–Trinajstić information content (AvgIpc) is 2.00. The van der Waals surface area contributed by atoms with Crippen LogP contribution in [0.1, 0.15) is 10.4 Å². The van der Waals surface area contributed by atoms with Crippen molar-refractivity contribution in [3.63, 3.8) is 0 Å². The van der Waals surface area contributed by atoms with Crippen LogP contribution in [0.4, 0.5) is 4.39 Å². The van der Waals surface area contributed by atoms with Crippen molar-refractivity contribution in [1.29, 1.82) is 0 Å². The summed E-state index contributed by atoms with van der Waals surface area (Å²) < 4.78 is 12.8. The molecule has 0 aromatic heterocycles. The number of aromatic carboxylic acids is 1. The molecule has 0 aliphatic carbocycles. The molecule has 0 bridgehead atoms. The van der Waals surface area contributed by atoms with E-state index < -0.39 is 23.1 Å². The predicted octanol–water partition coefficient (Wildman–Crippen LogP) is 1.52. The molecule has 0 fully saturated rings. The van der Waals surface area contributed by atoms with Gasteiger partial charge in [-0.25, -0.2) is 9.18 Å². The van der Waals surface area contributed by atoms with Gasteiger partial charge in [-0.1, -0.05) is 0 Å². The lowest BCUT2D eigenvalue weighted by Gasteiger charge is -2.01. The van der Waals surface area contributed by atoms with E-state index in [0.717, 1.165) is 6.07 Å². The molecular weight excluding hydrogens is 183 g/mol. The van der Waals surface area contributed by atoms with Gasteiger partial charge >= 0.3 is 5.97 Å². The Labute approximate surface area is 72.9 Å². The van der Waals surface area contributed by atoms with E-state index in [4.69, 9.17) is 10.2 Å². The molecule has 5 heteroatoms. The summed E-state index contributed by atoms with van der Waals surface area (Å²) in [5.74, 6) is -3.27. The summed E-state index contributed by atoms with van der Waals surface area (Å²) in [6.45, 7) is 0. The Kier molecular flexibility index (Phi) is 2.23. The summed E-state index contributed by atoms with van der Waals surface area (Å²) in [6, 6.07) is 2.25. The minimum absolute atomic E-state index is 0.0856. The molecule has 0 heterocycles. The van der Waals surface area contributed by atoms with Crippen LogP contribution < -0.4 is 0 Å². The summed E-state index contributed by atoms with van der Waals surface area (Å²) >= 11 is 3.66. The number of carboxylic acid groups (broad SMARTS) is 1. The number of hydrogen-bond acceptors (Lipinski definition) is 3. The Morgan fingerprint density at radius 2 is 2.08 bits per heavy atom. The SMILES string of the molecule is O=C(O)c1ccc(S)c(F)c1O. The van der Waals surface area contributed by atoms with Crippen LogP contribution in [0.25, 0.3) is 0 Å². The highest BCUT2D eigenvalue weighted by Gasteiger charge is 2.14.